The first-order chi connectivity index (χ1) is 12.5. The molecule has 0 bridgehead atoms. The quantitative estimate of drug-likeness (QED) is 0.885. The van der Waals surface area contributed by atoms with Crippen LogP contribution >= 0.6 is 11.3 Å². The van der Waals surface area contributed by atoms with E-state index in [0.717, 1.165) is 49.0 Å². The lowest BCUT2D eigenvalue weighted by molar-refractivity contribution is -0.120. The smallest absolute Gasteiger partial charge is 0.241 e. The van der Waals surface area contributed by atoms with Gasteiger partial charge in [0, 0.05) is 31.6 Å². The zero-order valence-electron chi connectivity index (χ0n) is 14.8. The molecule has 0 radical (unpaired) electrons. The number of benzene rings is 1. The first-order valence-corrected chi connectivity index (χ1v) is 9.49. The molecule has 0 spiro atoms. The summed E-state index contributed by atoms with van der Waals surface area (Å²) in [5.41, 5.74) is 0.616. The number of para-hydroxylation sites is 1. The molecular weight excluding hydrogens is 358 g/mol. The van der Waals surface area contributed by atoms with Crippen LogP contribution in [0.3, 0.4) is 0 Å². The van der Waals surface area contributed by atoms with Crippen molar-refractivity contribution >= 4 is 28.1 Å². The van der Waals surface area contributed by atoms with Gasteiger partial charge in [0.25, 0.3) is 0 Å². The molecule has 26 heavy (non-hydrogen) atoms. The Hall–Kier alpha value is -2.06. The molecule has 1 aliphatic heterocycles. The Kier molecular flexibility index (Phi) is 5.83. The van der Waals surface area contributed by atoms with Gasteiger partial charge in [-0.25, -0.2) is 13.8 Å². The van der Waals surface area contributed by atoms with E-state index >= 15 is 0 Å². The summed E-state index contributed by atoms with van der Waals surface area (Å²) < 4.78 is 27.5. The number of aryl methyl sites for hydroxylation is 1. The van der Waals surface area contributed by atoms with Gasteiger partial charge >= 0.3 is 0 Å². The van der Waals surface area contributed by atoms with Gasteiger partial charge in [0.2, 0.25) is 5.91 Å². The van der Waals surface area contributed by atoms with Crippen LogP contribution in [0.25, 0.3) is 0 Å². The van der Waals surface area contributed by atoms with E-state index in [4.69, 9.17) is 0 Å². The highest BCUT2D eigenvalue weighted by atomic mass is 32.1. The van der Waals surface area contributed by atoms with Crippen LogP contribution in [-0.4, -0.2) is 48.0 Å². The Labute approximate surface area is 155 Å². The normalized spacial score (nSPS) is 17.0. The van der Waals surface area contributed by atoms with Gasteiger partial charge in [-0.3, -0.25) is 9.69 Å². The molecule has 1 aromatic heterocycles. The van der Waals surface area contributed by atoms with Gasteiger partial charge in [-0.1, -0.05) is 6.07 Å². The van der Waals surface area contributed by atoms with E-state index in [9.17, 15) is 13.6 Å². The molecule has 140 valence electrons. The van der Waals surface area contributed by atoms with Crippen molar-refractivity contribution in [2.75, 3.05) is 36.4 Å². The first kappa shape index (κ1) is 18.7. The summed E-state index contributed by atoms with van der Waals surface area (Å²) in [7, 11) is 0. The average molecular weight is 380 g/mol. The van der Waals surface area contributed by atoms with Crippen LogP contribution in [0.2, 0.25) is 0 Å². The number of aromatic nitrogens is 1. The molecule has 1 aromatic carbocycles. The molecule has 1 aliphatic rings. The fraction of sp³-hybridized carbons (Fsp3) is 0.444. The van der Waals surface area contributed by atoms with Crippen LogP contribution in [0, 0.1) is 18.6 Å². The zero-order chi connectivity index (χ0) is 18.7. The lowest BCUT2D eigenvalue weighted by Gasteiger charge is -2.27. The third-order valence-electron chi connectivity index (χ3n) is 4.55. The van der Waals surface area contributed by atoms with Gasteiger partial charge in [-0.15, -0.1) is 11.3 Å². The molecule has 0 aliphatic carbocycles. The number of carbonyl (C=O) groups excluding carboxylic acids is 1. The van der Waals surface area contributed by atoms with Gasteiger partial charge in [0.15, 0.2) is 5.13 Å². The zero-order valence-corrected chi connectivity index (χ0v) is 15.7. The molecule has 1 fully saturated rings. The Morgan fingerprint density at radius 1 is 1.23 bits per heavy atom. The Morgan fingerprint density at radius 2 is 1.96 bits per heavy atom. The molecule has 0 saturated carbocycles. The summed E-state index contributed by atoms with van der Waals surface area (Å²) in [6.45, 7) is 6.80. The van der Waals surface area contributed by atoms with Gasteiger partial charge < -0.3 is 10.2 Å². The van der Waals surface area contributed by atoms with E-state index < -0.39 is 23.6 Å². The predicted molar refractivity (Wildman–Crippen MR) is 99.7 cm³/mol. The van der Waals surface area contributed by atoms with Crippen molar-refractivity contribution in [2.24, 2.45) is 0 Å². The highest BCUT2D eigenvalue weighted by Gasteiger charge is 2.26. The second kappa shape index (κ2) is 8.09. The maximum Gasteiger partial charge on any atom is 0.241 e. The van der Waals surface area contributed by atoms with Crippen LogP contribution in [-0.2, 0) is 4.79 Å². The van der Waals surface area contributed by atoms with Crippen LogP contribution in [0.5, 0.6) is 0 Å². The Bertz CT molecular complexity index is 762. The van der Waals surface area contributed by atoms with Crippen LogP contribution in [0.1, 0.15) is 19.0 Å². The maximum absolute atomic E-state index is 13.7. The number of nitrogens with zero attached hydrogens (tertiary/aromatic N) is 3. The molecule has 2 heterocycles. The largest absolute Gasteiger partial charge is 0.347 e. The van der Waals surface area contributed by atoms with Crippen molar-refractivity contribution in [2.45, 2.75) is 26.3 Å². The van der Waals surface area contributed by atoms with Gasteiger partial charge in [-0.2, -0.15) is 0 Å². The number of carbonyl (C=O) groups is 1. The highest BCUT2D eigenvalue weighted by Crippen LogP contribution is 2.22. The lowest BCUT2D eigenvalue weighted by atomic mass is 10.2. The van der Waals surface area contributed by atoms with E-state index in [1.807, 2.05) is 17.2 Å². The molecule has 8 heteroatoms. The van der Waals surface area contributed by atoms with Crippen LogP contribution in [0.15, 0.2) is 23.6 Å². The SMILES string of the molecule is Cc1csc(N2CCCN(C(C)C(=O)Nc3c(F)cccc3F)CC2)n1. The number of halogens is 2. The number of anilines is 2. The minimum Gasteiger partial charge on any atom is -0.347 e. The summed E-state index contributed by atoms with van der Waals surface area (Å²) in [4.78, 5) is 21.3. The molecule has 1 N–H and O–H groups in total. The van der Waals surface area contributed by atoms with Crippen molar-refractivity contribution < 1.29 is 13.6 Å². The van der Waals surface area contributed by atoms with Crippen molar-refractivity contribution in [1.29, 1.82) is 0 Å². The summed E-state index contributed by atoms with van der Waals surface area (Å²) >= 11 is 1.62. The second-order valence-electron chi connectivity index (χ2n) is 6.41. The number of thiazole rings is 1. The number of hydrogen-bond acceptors (Lipinski definition) is 5. The maximum atomic E-state index is 13.7. The van der Waals surface area contributed by atoms with Crippen molar-refractivity contribution in [1.82, 2.24) is 9.88 Å². The molecule has 1 saturated heterocycles. The molecule has 1 atom stereocenters. The average Bonchev–Trinajstić information content (AvgIpc) is 2.90. The molecule has 2 aromatic rings. The Balaban J connectivity index is 1.62. The summed E-state index contributed by atoms with van der Waals surface area (Å²) in [6.07, 6.45) is 0.893. The third-order valence-corrected chi connectivity index (χ3v) is 5.57. The number of hydrogen-bond donors (Lipinski definition) is 1. The van der Waals surface area contributed by atoms with Gasteiger partial charge in [0.1, 0.15) is 17.3 Å². The van der Waals surface area contributed by atoms with E-state index in [-0.39, 0.29) is 5.69 Å². The fourth-order valence-corrected chi connectivity index (χ4v) is 3.87. The van der Waals surface area contributed by atoms with Crippen molar-refractivity contribution in [3.63, 3.8) is 0 Å². The number of nitrogens with one attached hydrogen (secondary N) is 1. The lowest BCUT2D eigenvalue weighted by Crippen LogP contribution is -2.44. The standard InChI is InChI=1S/C18H22F2N4OS/c1-12-11-26-18(21-12)24-8-4-7-23(9-10-24)13(2)17(25)22-16-14(19)5-3-6-15(16)20/h3,5-6,11,13H,4,7-10H2,1-2H3,(H,22,25). The minimum atomic E-state index is -0.772. The van der Waals surface area contributed by atoms with E-state index in [0.29, 0.717) is 6.54 Å². The van der Waals surface area contributed by atoms with Crippen LogP contribution < -0.4 is 10.2 Å². The topological polar surface area (TPSA) is 48.5 Å². The number of rotatable bonds is 4. The number of amides is 1. The molecule has 3 rings (SSSR count). The molecule has 1 amide bonds. The van der Waals surface area contributed by atoms with E-state index in [1.54, 1.807) is 18.3 Å². The molecule has 5 nitrogen and oxygen atoms in total. The monoisotopic (exact) mass is 380 g/mol. The molecule has 1 unspecified atom stereocenters. The fourth-order valence-electron chi connectivity index (χ4n) is 3.01. The predicted octanol–water partition coefficient (Wildman–Crippen LogP) is 3.27. The third kappa shape index (κ3) is 4.19. The highest BCUT2D eigenvalue weighted by molar-refractivity contribution is 7.13. The molecular formula is C18H22F2N4OS. The van der Waals surface area contributed by atoms with E-state index in [1.165, 1.54) is 6.07 Å². The second-order valence-corrected chi connectivity index (χ2v) is 7.25. The van der Waals surface area contributed by atoms with Crippen molar-refractivity contribution in [3.05, 3.63) is 40.9 Å². The summed E-state index contributed by atoms with van der Waals surface area (Å²) in [6, 6.07) is 3.05. The first-order valence-electron chi connectivity index (χ1n) is 8.61. The van der Waals surface area contributed by atoms with Crippen molar-refractivity contribution in [3.8, 4) is 0 Å². The van der Waals surface area contributed by atoms with Gasteiger partial charge in [-0.05, 0) is 32.4 Å². The van der Waals surface area contributed by atoms with E-state index in [2.05, 4.69) is 15.2 Å². The Morgan fingerprint density at radius 3 is 2.62 bits per heavy atom. The van der Waals surface area contributed by atoms with Gasteiger partial charge in [0.05, 0.1) is 11.7 Å². The van der Waals surface area contributed by atoms with Crippen LogP contribution in [0.4, 0.5) is 19.6 Å². The summed E-state index contributed by atoms with van der Waals surface area (Å²) in [5.74, 6) is -1.95. The minimum absolute atomic E-state index is 0.390. The summed E-state index contributed by atoms with van der Waals surface area (Å²) in [5, 5.41) is 5.41.